The van der Waals surface area contributed by atoms with Gasteiger partial charge in [-0.15, -0.1) is 0 Å². The number of ether oxygens (including phenoxy) is 1. The third-order valence-electron chi connectivity index (χ3n) is 2.51. The number of aliphatic carboxylic acids is 1. The largest absolute Gasteiger partial charge is 0.481 e. The Kier molecular flexibility index (Phi) is 8.57. The molecule has 0 amide bonds. The van der Waals surface area contributed by atoms with Crippen molar-refractivity contribution in [2.24, 2.45) is 0 Å². The number of esters is 1. The molecule has 7 nitrogen and oxygen atoms in total. The normalized spacial score (nSPS) is 11.7. The van der Waals surface area contributed by atoms with E-state index in [1.165, 1.54) is 6.92 Å². The van der Waals surface area contributed by atoms with Crippen molar-refractivity contribution in [3.63, 3.8) is 0 Å². The van der Waals surface area contributed by atoms with Crippen molar-refractivity contribution in [3.05, 3.63) is 35.9 Å². The topological polar surface area (TPSA) is 101 Å². The first-order chi connectivity index (χ1) is 10.5. The van der Waals surface area contributed by atoms with Crippen LogP contribution >= 0.6 is 0 Å². The monoisotopic (exact) mass is 326 g/mol. The molecule has 2 N–H and O–H groups in total. The molecule has 0 unspecified atom stereocenters. The number of carbonyl (C=O) groups excluding carboxylic acids is 1. The maximum absolute atomic E-state index is 10.7. The first-order valence-corrected chi connectivity index (χ1v) is 6.99. The van der Waals surface area contributed by atoms with E-state index in [9.17, 15) is 14.4 Å². The Labute approximate surface area is 135 Å². The molecule has 7 heteroatoms. The number of likely N-dealkylation sites (N-methyl/N-ethyl adjacent to an activating group) is 1. The molecular formula is C16H24NO6+. The van der Waals surface area contributed by atoms with Crippen molar-refractivity contribution in [2.45, 2.75) is 19.4 Å². The summed E-state index contributed by atoms with van der Waals surface area (Å²) in [5.41, 5.74) is 0.331. The molecule has 0 spiro atoms. The smallest absolute Gasteiger partial charge is 0.335 e. The van der Waals surface area contributed by atoms with Gasteiger partial charge in [-0.05, 0) is 12.1 Å². The summed E-state index contributed by atoms with van der Waals surface area (Å²) in [5, 5.41) is 17.0. The van der Waals surface area contributed by atoms with Crippen LogP contribution in [0.15, 0.2) is 30.3 Å². The zero-order chi connectivity index (χ0) is 18.0. The van der Waals surface area contributed by atoms with Crippen LogP contribution in [0, 0.1) is 0 Å². The number of quaternary nitrogens is 1. The lowest BCUT2D eigenvalue weighted by molar-refractivity contribution is -0.873. The Bertz CT molecular complexity index is 505. The fourth-order valence-corrected chi connectivity index (χ4v) is 1.76. The summed E-state index contributed by atoms with van der Waals surface area (Å²) < 4.78 is 5.46. The molecule has 1 aromatic rings. The highest BCUT2D eigenvalue weighted by atomic mass is 16.5. The molecule has 1 aromatic carbocycles. The summed E-state index contributed by atoms with van der Waals surface area (Å²) in [6.07, 6.45) is -0.695. The van der Waals surface area contributed by atoms with Gasteiger partial charge in [-0.1, -0.05) is 18.2 Å². The molecule has 0 aliphatic rings. The fourth-order valence-electron chi connectivity index (χ4n) is 1.76. The first-order valence-electron chi connectivity index (χ1n) is 6.99. The van der Waals surface area contributed by atoms with E-state index in [-0.39, 0.29) is 6.42 Å². The average Bonchev–Trinajstić information content (AvgIpc) is 2.36. The summed E-state index contributed by atoms with van der Waals surface area (Å²) in [5.74, 6) is -2.27. The van der Waals surface area contributed by atoms with Crippen LogP contribution in [0.5, 0.6) is 0 Å². The molecule has 1 atom stereocenters. The third-order valence-corrected chi connectivity index (χ3v) is 2.51. The third kappa shape index (κ3) is 11.9. The van der Waals surface area contributed by atoms with E-state index in [2.05, 4.69) is 0 Å². The van der Waals surface area contributed by atoms with Crippen LogP contribution < -0.4 is 0 Å². The lowest BCUT2D eigenvalue weighted by atomic mass is 10.2. The molecule has 0 bridgehead atoms. The predicted molar refractivity (Wildman–Crippen MR) is 84.1 cm³/mol. The number of hydrogen-bond acceptors (Lipinski definition) is 4. The van der Waals surface area contributed by atoms with E-state index < -0.39 is 24.0 Å². The maximum Gasteiger partial charge on any atom is 0.335 e. The fraction of sp³-hybridized carbons (Fsp3) is 0.438. The van der Waals surface area contributed by atoms with E-state index in [0.29, 0.717) is 16.6 Å². The summed E-state index contributed by atoms with van der Waals surface area (Å²) in [7, 11) is 5.75. The summed E-state index contributed by atoms with van der Waals surface area (Å²) in [6, 6.07) is 8.30. The van der Waals surface area contributed by atoms with E-state index in [0.717, 1.165) is 0 Å². The number of aromatic carboxylic acids is 1. The van der Waals surface area contributed by atoms with Crippen molar-refractivity contribution in [1.29, 1.82) is 0 Å². The minimum Gasteiger partial charge on any atom is -0.481 e. The predicted octanol–water partition coefficient (Wildman–Crippen LogP) is 1.48. The van der Waals surface area contributed by atoms with Gasteiger partial charge in [-0.25, -0.2) is 4.79 Å². The standard InChI is InChI=1S/C9H17NO4.C7H6O2/c1-7(11)14-8(5-9(12)13)6-10(2,3)4;8-7(9)6-4-2-1-3-5-6/h8H,5-6H2,1-4H3;1-5H,(H,8,9)/p+1/t8-;/m1./s1. The van der Waals surface area contributed by atoms with Gasteiger partial charge in [0.2, 0.25) is 0 Å². The second-order valence-electron chi connectivity index (χ2n) is 5.97. The minimum absolute atomic E-state index is 0.144. The molecule has 0 saturated carbocycles. The van der Waals surface area contributed by atoms with Crippen LogP contribution in [-0.2, 0) is 14.3 Å². The molecule has 1 rings (SSSR count). The lowest BCUT2D eigenvalue weighted by Crippen LogP contribution is -2.43. The van der Waals surface area contributed by atoms with Gasteiger partial charge in [0, 0.05) is 6.92 Å². The summed E-state index contributed by atoms with van der Waals surface area (Å²) in [4.78, 5) is 31.4. The van der Waals surface area contributed by atoms with Gasteiger partial charge in [0.1, 0.15) is 6.54 Å². The van der Waals surface area contributed by atoms with Crippen LogP contribution in [-0.4, -0.2) is 66.4 Å². The molecule has 0 aliphatic heterocycles. The van der Waals surface area contributed by atoms with E-state index in [1.54, 1.807) is 30.3 Å². The number of rotatable bonds is 6. The number of hydrogen-bond donors (Lipinski definition) is 2. The van der Waals surface area contributed by atoms with E-state index >= 15 is 0 Å². The summed E-state index contributed by atoms with van der Waals surface area (Å²) >= 11 is 0. The van der Waals surface area contributed by atoms with Crippen LogP contribution in [0.2, 0.25) is 0 Å². The molecule has 0 heterocycles. The number of benzene rings is 1. The second-order valence-corrected chi connectivity index (χ2v) is 5.97. The van der Waals surface area contributed by atoms with Crippen molar-refractivity contribution in [2.75, 3.05) is 27.7 Å². The Hall–Kier alpha value is -2.41. The van der Waals surface area contributed by atoms with Gasteiger partial charge in [-0.3, -0.25) is 9.59 Å². The number of carboxylic acid groups (broad SMARTS) is 2. The minimum atomic E-state index is -0.954. The molecule has 23 heavy (non-hydrogen) atoms. The molecule has 128 valence electrons. The van der Waals surface area contributed by atoms with E-state index in [1.807, 2.05) is 21.1 Å². The average molecular weight is 326 g/mol. The highest BCUT2D eigenvalue weighted by molar-refractivity contribution is 5.87. The first kappa shape index (κ1) is 20.6. The number of carboxylic acids is 2. The summed E-state index contributed by atoms with van der Waals surface area (Å²) in [6.45, 7) is 1.77. The Balaban J connectivity index is 0.000000459. The van der Waals surface area contributed by atoms with Gasteiger partial charge in [0.25, 0.3) is 0 Å². The van der Waals surface area contributed by atoms with Gasteiger partial charge in [-0.2, -0.15) is 0 Å². The highest BCUT2D eigenvalue weighted by Crippen LogP contribution is 2.05. The van der Waals surface area contributed by atoms with Crippen molar-refractivity contribution in [1.82, 2.24) is 0 Å². The van der Waals surface area contributed by atoms with Crippen LogP contribution in [0.1, 0.15) is 23.7 Å². The van der Waals surface area contributed by atoms with Crippen molar-refractivity contribution >= 4 is 17.9 Å². The maximum atomic E-state index is 10.7. The van der Waals surface area contributed by atoms with Crippen LogP contribution in [0.3, 0.4) is 0 Å². The highest BCUT2D eigenvalue weighted by Gasteiger charge is 2.23. The number of nitrogens with zero attached hydrogens (tertiary/aromatic N) is 1. The van der Waals surface area contributed by atoms with Crippen LogP contribution in [0.25, 0.3) is 0 Å². The van der Waals surface area contributed by atoms with Gasteiger partial charge >= 0.3 is 17.9 Å². The molecular weight excluding hydrogens is 302 g/mol. The zero-order valence-corrected chi connectivity index (χ0v) is 13.9. The number of carbonyl (C=O) groups is 3. The molecule has 0 aliphatic carbocycles. The Morgan fingerprint density at radius 1 is 1.09 bits per heavy atom. The molecule has 0 radical (unpaired) electrons. The quantitative estimate of drug-likeness (QED) is 0.606. The van der Waals surface area contributed by atoms with Crippen LogP contribution in [0.4, 0.5) is 0 Å². The lowest BCUT2D eigenvalue weighted by Gasteiger charge is -2.28. The van der Waals surface area contributed by atoms with Crippen molar-refractivity contribution < 1.29 is 33.8 Å². The SMILES string of the molecule is CC(=O)O[C@H](CC(=O)O)C[N+](C)(C)C.O=C(O)c1ccccc1. The second kappa shape index (κ2) is 9.58. The Morgan fingerprint density at radius 3 is 1.91 bits per heavy atom. The molecule has 0 saturated heterocycles. The van der Waals surface area contributed by atoms with Gasteiger partial charge < -0.3 is 19.4 Å². The zero-order valence-electron chi connectivity index (χ0n) is 13.9. The molecule has 0 aromatic heterocycles. The van der Waals surface area contributed by atoms with Crippen molar-refractivity contribution in [3.8, 4) is 0 Å². The Morgan fingerprint density at radius 2 is 1.61 bits per heavy atom. The molecule has 0 fully saturated rings. The van der Waals surface area contributed by atoms with Gasteiger partial charge in [0.15, 0.2) is 6.10 Å². The van der Waals surface area contributed by atoms with E-state index in [4.69, 9.17) is 14.9 Å². The van der Waals surface area contributed by atoms with Gasteiger partial charge in [0.05, 0.1) is 33.1 Å².